The molecule has 26 heavy (non-hydrogen) atoms. The van der Waals surface area contributed by atoms with Crippen LogP contribution in [0.5, 0.6) is 5.75 Å². The van der Waals surface area contributed by atoms with Crippen molar-refractivity contribution < 1.29 is 14.3 Å². The van der Waals surface area contributed by atoms with E-state index in [9.17, 15) is 9.59 Å². The summed E-state index contributed by atoms with van der Waals surface area (Å²) in [6.45, 7) is 9.78. The number of primary amides is 1. The van der Waals surface area contributed by atoms with Gasteiger partial charge in [-0.25, -0.2) is 10.2 Å². The SMILES string of the molecule is COc1ccc2c(c1)C(=NNC(N)=O)C(=O)N2CCN(C(C)C)C(C)C. The molecule has 1 heterocycles. The third-order valence-electron chi connectivity index (χ3n) is 4.38. The highest BCUT2D eigenvalue weighted by Gasteiger charge is 2.35. The fraction of sp³-hybridized carbons (Fsp3) is 0.500. The number of nitrogens with zero attached hydrogens (tertiary/aromatic N) is 3. The Morgan fingerprint density at radius 3 is 2.50 bits per heavy atom. The molecule has 0 spiro atoms. The van der Waals surface area contributed by atoms with Gasteiger partial charge < -0.3 is 15.4 Å². The fourth-order valence-electron chi connectivity index (χ4n) is 3.19. The number of urea groups is 1. The predicted molar refractivity (Wildman–Crippen MR) is 102 cm³/mol. The van der Waals surface area contributed by atoms with Crippen molar-refractivity contribution >= 4 is 23.3 Å². The molecule has 0 saturated carbocycles. The van der Waals surface area contributed by atoms with Crippen LogP contribution in [-0.2, 0) is 4.79 Å². The lowest BCUT2D eigenvalue weighted by Crippen LogP contribution is -2.44. The minimum atomic E-state index is -0.820. The van der Waals surface area contributed by atoms with E-state index in [-0.39, 0.29) is 11.6 Å². The lowest BCUT2D eigenvalue weighted by Gasteiger charge is -2.32. The number of hydrazone groups is 1. The second kappa shape index (κ2) is 8.18. The van der Waals surface area contributed by atoms with E-state index in [1.54, 1.807) is 24.1 Å². The van der Waals surface area contributed by atoms with Crippen LogP contribution >= 0.6 is 0 Å². The van der Waals surface area contributed by atoms with Gasteiger partial charge in [-0.2, -0.15) is 5.10 Å². The van der Waals surface area contributed by atoms with Gasteiger partial charge in [0.05, 0.1) is 12.8 Å². The summed E-state index contributed by atoms with van der Waals surface area (Å²) in [6.07, 6.45) is 0. The average Bonchev–Trinajstić information content (AvgIpc) is 2.83. The molecule has 8 heteroatoms. The molecule has 1 aliphatic heterocycles. The maximum absolute atomic E-state index is 12.9. The Balaban J connectivity index is 2.32. The molecule has 0 radical (unpaired) electrons. The molecule has 2 rings (SSSR count). The third kappa shape index (κ3) is 4.13. The zero-order valence-electron chi connectivity index (χ0n) is 15.9. The minimum Gasteiger partial charge on any atom is -0.497 e. The van der Waals surface area contributed by atoms with Gasteiger partial charge in [0.1, 0.15) is 5.75 Å². The van der Waals surface area contributed by atoms with Gasteiger partial charge in [0.15, 0.2) is 5.71 Å². The molecular weight excluding hydrogens is 334 g/mol. The van der Waals surface area contributed by atoms with Crippen molar-refractivity contribution in [3.05, 3.63) is 23.8 Å². The van der Waals surface area contributed by atoms with Gasteiger partial charge in [0.25, 0.3) is 5.91 Å². The van der Waals surface area contributed by atoms with Gasteiger partial charge in [0, 0.05) is 30.7 Å². The molecule has 142 valence electrons. The second-order valence-electron chi connectivity index (χ2n) is 6.70. The minimum absolute atomic E-state index is 0.151. The van der Waals surface area contributed by atoms with E-state index < -0.39 is 6.03 Å². The van der Waals surface area contributed by atoms with Gasteiger partial charge in [-0.05, 0) is 45.9 Å². The Hall–Kier alpha value is -2.61. The molecule has 0 aliphatic carbocycles. The first kappa shape index (κ1) is 19.7. The molecule has 0 bridgehead atoms. The van der Waals surface area contributed by atoms with Crippen LogP contribution < -0.4 is 20.8 Å². The summed E-state index contributed by atoms with van der Waals surface area (Å²) < 4.78 is 5.24. The van der Waals surface area contributed by atoms with E-state index in [1.807, 2.05) is 6.07 Å². The quantitative estimate of drug-likeness (QED) is 0.719. The van der Waals surface area contributed by atoms with Crippen molar-refractivity contribution in [1.29, 1.82) is 0 Å². The van der Waals surface area contributed by atoms with Crippen molar-refractivity contribution in [3.8, 4) is 5.75 Å². The molecule has 3 amide bonds. The normalized spacial score (nSPS) is 15.3. The van der Waals surface area contributed by atoms with E-state index in [2.05, 4.69) is 43.1 Å². The Morgan fingerprint density at radius 1 is 1.31 bits per heavy atom. The van der Waals surface area contributed by atoms with Gasteiger partial charge in [-0.3, -0.25) is 9.69 Å². The summed E-state index contributed by atoms with van der Waals surface area (Å²) in [5.41, 5.74) is 8.73. The summed E-state index contributed by atoms with van der Waals surface area (Å²) in [5, 5.41) is 3.90. The molecule has 0 fully saturated rings. The smallest absolute Gasteiger partial charge is 0.332 e. The summed E-state index contributed by atoms with van der Waals surface area (Å²) in [7, 11) is 1.55. The number of carbonyl (C=O) groups is 2. The number of ether oxygens (including phenoxy) is 1. The van der Waals surface area contributed by atoms with Crippen molar-refractivity contribution in [1.82, 2.24) is 10.3 Å². The maximum Gasteiger partial charge on any atom is 0.332 e. The van der Waals surface area contributed by atoms with Crippen LogP contribution in [0, 0.1) is 0 Å². The van der Waals surface area contributed by atoms with Crippen LogP contribution in [0.3, 0.4) is 0 Å². The Bertz CT molecular complexity index is 707. The number of benzene rings is 1. The number of anilines is 1. The number of rotatable bonds is 7. The van der Waals surface area contributed by atoms with E-state index in [4.69, 9.17) is 10.5 Å². The Kier molecular flexibility index (Phi) is 6.20. The van der Waals surface area contributed by atoms with E-state index in [1.165, 1.54) is 0 Å². The van der Waals surface area contributed by atoms with E-state index in [0.29, 0.717) is 29.9 Å². The predicted octanol–water partition coefficient (Wildman–Crippen LogP) is 1.53. The summed E-state index contributed by atoms with van der Waals surface area (Å²) in [4.78, 5) is 27.8. The molecule has 0 unspecified atom stereocenters. The second-order valence-corrected chi connectivity index (χ2v) is 6.70. The average molecular weight is 361 g/mol. The fourth-order valence-corrected chi connectivity index (χ4v) is 3.19. The van der Waals surface area contributed by atoms with Gasteiger partial charge in [-0.15, -0.1) is 0 Å². The van der Waals surface area contributed by atoms with Crippen LogP contribution in [0.1, 0.15) is 33.3 Å². The van der Waals surface area contributed by atoms with Crippen molar-refractivity contribution in [3.63, 3.8) is 0 Å². The lowest BCUT2D eigenvalue weighted by atomic mass is 10.1. The largest absolute Gasteiger partial charge is 0.497 e. The molecule has 0 atom stereocenters. The van der Waals surface area contributed by atoms with Crippen LogP contribution in [0.15, 0.2) is 23.3 Å². The standard InChI is InChI=1S/C18H27N5O3/c1-11(2)22(12(3)4)8-9-23-15-7-6-13(26-5)10-14(15)16(17(23)24)20-21-18(19)25/h6-7,10-12H,8-9H2,1-5H3,(H3,19,21,25). The van der Waals surface area contributed by atoms with Crippen LogP contribution in [0.2, 0.25) is 0 Å². The Morgan fingerprint density at radius 2 is 1.96 bits per heavy atom. The van der Waals surface area contributed by atoms with E-state index >= 15 is 0 Å². The number of carbonyl (C=O) groups excluding carboxylic acids is 2. The summed E-state index contributed by atoms with van der Waals surface area (Å²) in [6, 6.07) is 5.27. The highest BCUT2D eigenvalue weighted by atomic mass is 16.5. The number of hydrogen-bond donors (Lipinski definition) is 2. The Labute approximate surface area is 154 Å². The summed E-state index contributed by atoms with van der Waals surface area (Å²) in [5.74, 6) is 0.339. The lowest BCUT2D eigenvalue weighted by molar-refractivity contribution is -0.112. The number of nitrogens with two attached hydrogens (primary N) is 1. The molecule has 1 aromatic rings. The number of amides is 3. The van der Waals surface area contributed by atoms with Crippen LogP contribution in [0.4, 0.5) is 10.5 Å². The van der Waals surface area contributed by atoms with Crippen molar-refractivity contribution in [2.24, 2.45) is 10.8 Å². The van der Waals surface area contributed by atoms with Crippen molar-refractivity contribution in [2.75, 3.05) is 25.1 Å². The molecule has 1 aliphatic rings. The number of hydrogen-bond acceptors (Lipinski definition) is 5. The highest BCUT2D eigenvalue weighted by Crippen LogP contribution is 2.32. The maximum atomic E-state index is 12.9. The first-order chi connectivity index (χ1) is 12.3. The summed E-state index contributed by atoms with van der Waals surface area (Å²) >= 11 is 0. The highest BCUT2D eigenvalue weighted by molar-refractivity contribution is 6.54. The number of nitrogens with one attached hydrogen (secondary N) is 1. The topological polar surface area (TPSA) is 100 Å². The molecule has 3 N–H and O–H groups in total. The monoisotopic (exact) mass is 361 g/mol. The third-order valence-corrected chi connectivity index (χ3v) is 4.38. The molecule has 8 nitrogen and oxygen atoms in total. The van der Waals surface area contributed by atoms with Crippen LogP contribution in [-0.4, -0.2) is 54.8 Å². The van der Waals surface area contributed by atoms with Crippen molar-refractivity contribution in [2.45, 2.75) is 39.8 Å². The molecule has 1 aromatic carbocycles. The molecular formula is C18H27N5O3. The molecule has 0 saturated heterocycles. The van der Waals surface area contributed by atoms with Gasteiger partial charge in [0.2, 0.25) is 0 Å². The van der Waals surface area contributed by atoms with Gasteiger partial charge in [-0.1, -0.05) is 0 Å². The number of methoxy groups -OCH3 is 1. The van der Waals surface area contributed by atoms with Gasteiger partial charge >= 0.3 is 6.03 Å². The molecule has 0 aromatic heterocycles. The first-order valence-electron chi connectivity index (χ1n) is 8.65. The zero-order valence-corrected chi connectivity index (χ0v) is 15.9. The zero-order chi connectivity index (χ0) is 19.4. The van der Waals surface area contributed by atoms with Crippen LogP contribution in [0.25, 0.3) is 0 Å². The van der Waals surface area contributed by atoms with E-state index in [0.717, 1.165) is 12.2 Å². The number of fused-ring (bicyclic) bond motifs is 1. The first-order valence-corrected chi connectivity index (χ1v) is 8.65.